The van der Waals surface area contributed by atoms with Crippen LogP contribution in [-0.4, -0.2) is 25.7 Å². The van der Waals surface area contributed by atoms with Crippen molar-refractivity contribution in [1.82, 2.24) is 4.98 Å². The lowest BCUT2D eigenvalue weighted by Crippen LogP contribution is -2.15. The van der Waals surface area contributed by atoms with Crippen molar-refractivity contribution in [2.75, 3.05) is 20.8 Å². The first-order chi connectivity index (χ1) is 9.67. The number of benzene rings is 1. The minimum absolute atomic E-state index is 0.203. The van der Waals surface area contributed by atoms with E-state index in [4.69, 9.17) is 15.2 Å². The summed E-state index contributed by atoms with van der Waals surface area (Å²) in [6.07, 6.45) is 0.795. The van der Waals surface area contributed by atoms with Gasteiger partial charge in [0.2, 0.25) is 0 Å². The lowest BCUT2D eigenvalue weighted by atomic mass is 9.99. The van der Waals surface area contributed by atoms with Gasteiger partial charge in [-0.1, -0.05) is 0 Å². The van der Waals surface area contributed by atoms with Crippen molar-refractivity contribution in [3.63, 3.8) is 0 Å². The van der Waals surface area contributed by atoms with Crippen LogP contribution in [0, 0.1) is 6.92 Å². The fraction of sp³-hybridized carbons (Fsp3) is 0.400. The van der Waals surface area contributed by atoms with Gasteiger partial charge in [-0.05, 0) is 37.1 Å². The van der Waals surface area contributed by atoms with E-state index >= 15 is 0 Å². The number of aromatic nitrogens is 1. The smallest absolute Gasteiger partial charge is 0.122 e. The molecule has 1 atom stereocenters. The van der Waals surface area contributed by atoms with Gasteiger partial charge in [0, 0.05) is 23.5 Å². The normalized spacial score (nSPS) is 12.2. The van der Waals surface area contributed by atoms with Crippen LogP contribution in [0.1, 0.15) is 22.2 Å². The van der Waals surface area contributed by atoms with Gasteiger partial charge in [-0.2, -0.15) is 0 Å². The van der Waals surface area contributed by atoms with Crippen molar-refractivity contribution >= 4 is 11.3 Å². The van der Waals surface area contributed by atoms with Crippen LogP contribution < -0.4 is 15.2 Å². The summed E-state index contributed by atoms with van der Waals surface area (Å²) in [7, 11) is 3.34. The Bertz CT molecular complexity index is 569. The third kappa shape index (κ3) is 3.29. The number of ether oxygens (including phenoxy) is 2. The van der Waals surface area contributed by atoms with Gasteiger partial charge in [0.1, 0.15) is 11.5 Å². The van der Waals surface area contributed by atoms with Crippen LogP contribution in [0.3, 0.4) is 0 Å². The molecule has 2 rings (SSSR count). The minimum atomic E-state index is 0.203. The fourth-order valence-corrected chi connectivity index (χ4v) is 3.05. The number of hydrogen-bond donors (Lipinski definition) is 1. The topological polar surface area (TPSA) is 57.4 Å². The predicted octanol–water partition coefficient (Wildman–Crippen LogP) is 2.75. The molecule has 108 valence electrons. The molecule has 20 heavy (non-hydrogen) atoms. The first kappa shape index (κ1) is 14.8. The van der Waals surface area contributed by atoms with Gasteiger partial charge in [0.15, 0.2) is 0 Å². The van der Waals surface area contributed by atoms with E-state index in [9.17, 15) is 0 Å². The van der Waals surface area contributed by atoms with Crippen molar-refractivity contribution in [2.45, 2.75) is 19.3 Å². The standard InChI is InChI=1S/C15H20N2O2S/c1-10-9-20-15(17-10)12(8-16)6-11-7-13(18-2)4-5-14(11)19-3/h4-5,7,9,12H,6,8,16H2,1-3H3. The first-order valence-electron chi connectivity index (χ1n) is 6.51. The third-order valence-corrected chi connectivity index (χ3v) is 4.35. The van der Waals surface area contributed by atoms with Gasteiger partial charge in [-0.15, -0.1) is 11.3 Å². The Hall–Kier alpha value is -1.59. The lowest BCUT2D eigenvalue weighted by Gasteiger charge is -2.15. The molecule has 0 bridgehead atoms. The molecule has 0 fully saturated rings. The lowest BCUT2D eigenvalue weighted by molar-refractivity contribution is 0.397. The molecule has 1 aromatic carbocycles. The summed E-state index contributed by atoms with van der Waals surface area (Å²) in [4.78, 5) is 4.54. The maximum atomic E-state index is 5.92. The van der Waals surface area contributed by atoms with Crippen LogP contribution in [0.25, 0.3) is 0 Å². The zero-order valence-corrected chi connectivity index (χ0v) is 12.9. The molecule has 0 aliphatic rings. The summed E-state index contributed by atoms with van der Waals surface area (Å²) in [5.74, 6) is 1.89. The molecule has 2 N–H and O–H groups in total. The molecule has 1 aromatic heterocycles. The SMILES string of the molecule is COc1ccc(OC)c(CC(CN)c2nc(C)cs2)c1. The average molecular weight is 292 g/mol. The highest BCUT2D eigenvalue weighted by Crippen LogP contribution is 2.30. The highest BCUT2D eigenvalue weighted by molar-refractivity contribution is 7.09. The van der Waals surface area contributed by atoms with Crippen molar-refractivity contribution in [3.8, 4) is 11.5 Å². The highest BCUT2D eigenvalue weighted by Gasteiger charge is 2.17. The molecular weight excluding hydrogens is 272 g/mol. The Balaban J connectivity index is 2.26. The van der Waals surface area contributed by atoms with Gasteiger partial charge in [0.25, 0.3) is 0 Å². The molecule has 0 saturated carbocycles. The predicted molar refractivity (Wildman–Crippen MR) is 81.9 cm³/mol. The molecule has 1 heterocycles. The van der Waals surface area contributed by atoms with Gasteiger partial charge >= 0.3 is 0 Å². The van der Waals surface area contributed by atoms with Crippen molar-refractivity contribution in [2.24, 2.45) is 5.73 Å². The molecule has 0 amide bonds. The summed E-state index contributed by atoms with van der Waals surface area (Å²) in [5.41, 5.74) is 8.05. The van der Waals surface area contributed by atoms with Gasteiger partial charge in [-0.3, -0.25) is 0 Å². The highest BCUT2D eigenvalue weighted by atomic mass is 32.1. The van der Waals surface area contributed by atoms with Gasteiger partial charge in [-0.25, -0.2) is 4.98 Å². The first-order valence-corrected chi connectivity index (χ1v) is 7.39. The molecule has 0 aliphatic carbocycles. The zero-order valence-electron chi connectivity index (χ0n) is 12.1. The number of aryl methyl sites for hydroxylation is 1. The molecule has 4 nitrogen and oxygen atoms in total. The van der Waals surface area contributed by atoms with Gasteiger partial charge < -0.3 is 15.2 Å². The maximum absolute atomic E-state index is 5.92. The second-order valence-electron chi connectivity index (χ2n) is 4.64. The van der Waals surface area contributed by atoms with Crippen LogP contribution in [0.5, 0.6) is 11.5 Å². The summed E-state index contributed by atoms with van der Waals surface area (Å²) in [5, 5.41) is 3.13. The van der Waals surface area contributed by atoms with E-state index in [-0.39, 0.29) is 5.92 Å². The van der Waals surface area contributed by atoms with Crippen LogP contribution >= 0.6 is 11.3 Å². The second-order valence-corrected chi connectivity index (χ2v) is 5.53. The number of hydrogen-bond acceptors (Lipinski definition) is 5. The molecule has 0 saturated heterocycles. The molecule has 5 heteroatoms. The average Bonchev–Trinajstić information content (AvgIpc) is 2.90. The van der Waals surface area contributed by atoms with E-state index < -0.39 is 0 Å². The van der Waals surface area contributed by atoms with E-state index in [0.29, 0.717) is 6.54 Å². The summed E-state index contributed by atoms with van der Waals surface area (Å²) in [6.45, 7) is 2.56. The maximum Gasteiger partial charge on any atom is 0.122 e. The van der Waals surface area contributed by atoms with E-state index in [0.717, 1.165) is 34.2 Å². The number of thiazole rings is 1. The molecular formula is C15H20N2O2S. The monoisotopic (exact) mass is 292 g/mol. The van der Waals surface area contributed by atoms with Crippen LogP contribution in [-0.2, 0) is 6.42 Å². The Morgan fingerprint density at radius 2 is 2.10 bits per heavy atom. The second kappa shape index (κ2) is 6.72. The van der Waals surface area contributed by atoms with Crippen LogP contribution in [0.4, 0.5) is 0 Å². The molecule has 0 aliphatic heterocycles. The van der Waals surface area contributed by atoms with E-state index in [1.165, 1.54) is 0 Å². The summed E-state index contributed by atoms with van der Waals surface area (Å²) < 4.78 is 10.7. The number of methoxy groups -OCH3 is 2. The largest absolute Gasteiger partial charge is 0.497 e. The quantitative estimate of drug-likeness (QED) is 0.889. The van der Waals surface area contributed by atoms with E-state index in [1.54, 1.807) is 25.6 Å². The van der Waals surface area contributed by atoms with Gasteiger partial charge in [0.05, 0.1) is 19.2 Å². The summed E-state index contributed by atoms with van der Waals surface area (Å²) in [6, 6.07) is 5.82. The Morgan fingerprint density at radius 1 is 1.30 bits per heavy atom. The van der Waals surface area contributed by atoms with E-state index in [1.807, 2.05) is 25.1 Å². The van der Waals surface area contributed by atoms with Crippen LogP contribution in [0.2, 0.25) is 0 Å². The van der Waals surface area contributed by atoms with Crippen LogP contribution in [0.15, 0.2) is 23.6 Å². The third-order valence-electron chi connectivity index (χ3n) is 3.22. The molecule has 0 radical (unpaired) electrons. The number of nitrogens with two attached hydrogens (primary N) is 1. The van der Waals surface area contributed by atoms with Crippen molar-refractivity contribution in [1.29, 1.82) is 0 Å². The van der Waals surface area contributed by atoms with Crippen molar-refractivity contribution in [3.05, 3.63) is 39.8 Å². The zero-order chi connectivity index (χ0) is 14.5. The Kier molecular flexibility index (Phi) is 4.98. The fourth-order valence-electron chi connectivity index (χ4n) is 2.14. The molecule has 1 unspecified atom stereocenters. The van der Waals surface area contributed by atoms with E-state index in [2.05, 4.69) is 10.4 Å². The molecule has 0 spiro atoms. The van der Waals surface area contributed by atoms with Crippen molar-refractivity contribution < 1.29 is 9.47 Å². The number of rotatable bonds is 6. The minimum Gasteiger partial charge on any atom is -0.497 e. The Labute approximate surface area is 123 Å². The number of nitrogens with zero attached hydrogens (tertiary/aromatic N) is 1. The summed E-state index contributed by atoms with van der Waals surface area (Å²) >= 11 is 1.66. The molecule has 2 aromatic rings. The Morgan fingerprint density at radius 3 is 2.65 bits per heavy atom.